The molecule has 1 aliphatic carbocycles. The number of nitrogens with one attached hydrogen (secondary N) is 2. The third-order valence-corrected chi connectivity index (χ3v) is 7.02. The fourth-order valence-electron chi connectivity index (χ4n) is 4.06. The van der Waals surface area contributed by atoms with E-state index in [9.17, 15) is 4.79 Å². The minimum Gasteiger partial charge on any atom is -0.334 e. The SMILES string of the molecule is CSc1cc(C)nc(SC)c1NC(=O)NC1CC1(c1ccccc1)c1ccccc1. The quantitative estimate of drug-likeness (QED) is 0.487. The van der Waals surface area contributed by atoms with E-state index in [1.807, 2.05) is 37.6 Å². The smallest absolute Gasteiger partial charge is 0.319 e. The third-order valence-electron chi connectivity index (χ3n) is 5.57. The van der Waals surface area contributed by atoms with Gasteiger partial charge in [0.05, 0.1) is 5.69 Å². The van der Waals surface area contributed by atoms with Gasteiger partial charge in [-0.3, -0.25) is 0 Å². The number of aromatic nitrogens is 1. The molecule has 1 fully saturated rings. The van der Waals surface area contributed by atoms with Crippen molar-refractivity contribution in [2.24, 2.45) is 0 Å². The number of pyridine rings is 1. The lowest BCUT2D eigenvalue weighted by molar-refractivity contribution is 0.251. The summed E-state index contributed by atoms with van der Waals surface area (Å²) in [5.41, 5.74) is 4.00. The Morgan fingerprint density at radius 3 is 2.13 bits per heavy atom. The number of rotatable bonds is 6. The van der Waals surface area contributed by atoms with Crippen molar-refractivity contribution in [3.63, 3.8) is 0 Å². The van der Waals surface area contributed by atoms with Crippen LogP contribution in [-0.2, 0) is 5.41 Å². The fraction of sp³-hybridized carbons (Fsp3) is 0.250. The molecule has 1 unspecified atom stereocenters. The number of anilines is 1. The Kier molecular flexibility index (Phi) is 6.06. The molecule has 2 amide bonds. The molecule has 1 aromatic heterocycles. The molecule has 0 radical (unpaired) electrons. The molecule has 4 rings (SSSR count). The lowest BCUT2D eigenvalue weighted by Gasteiger charge is -2.20. The van der Waals surface area contributed by atoms with Gasteiger partial charge in [0, 0.05) is 22.0 Å². The normalized spacial score (nSPS) is 16.7. The number of amides is 2. The summed E-state index contributed by atoms with van der Waals surface area (Å²) in [5.74, 6) is 0. The van der Waals surface area contributed by atoms with Gasteiger partial charge >= 0.3 is 6.03 Å². The highest BCUT2D eigenvalue weighted by Gasteiger charge is 2.57. The molecule has 1 aliphatic rings. The first-order valence-electron chi connectivity index (χ1n) is 9.86. The Labute approximate surface area is 186 Å². The molecule has 6 heteroatoms. The molecule has 154 valence electrons. The maximum atomic E-state index is 13.0. The molecular weight excluding hydrogens is 410 g/mol. The van der Waals surface area contributed by atoms with Crippen LogP contribution < -0.4 is 10.6 Å². The molecule has 0 saturated heterocycles. The van der Waals surface area contributed by atoms with Gasteiger partial charge in [0.1, 0.15) is 5.03 Å². The van der Waals surface area contributed by atoms with Gasteiger partial charge in [0.25, 0.3) is 0 Å². The second-order valence-electron chi connectivity index (χ2n) is 7.41. The van der Waals surface area contributed by atoms with Gasteiger partial charge in [0.2, 0.25) is 0 Å². The van der Waals surface area contributed by atoms with Gasteiger partial charge in [-0.2, -0.15) is 0 Å². The summed E-state index contributed by atoms with van der Waals surface area (Å²) in [6, 6.07) is 22.7. The number of hydrogen-bond acceptors (Lipinski definition) is 4. The van der Waals surface area contributed by atoms with E-state index < -0.39 is 0 Å². The predicted molar refractivity (Wildman–Crippen MR) is 127 cm³/mol. The predicted octanol–water partition coefficient (Wildman–Crippen LogP) is 5.71. The monoisotopic (exact) mass is 435 g/mol. The first kappa shape index (κ1) is 20.8. The van der Waals surface area contributed by atoms with Crippen LogP contribution in [0.2, 0.25) is 0 Å². The lowest BCUT2D eigenvalue weighted by Crippen LogP contribution is -2.35. The molecule has 3 aromatic rings. The van der Waals surface area contributed by atoms with Gasteiger partial charge < -0.3 is 10.6 Å². The summed E-state index contributed by atoms with van der Waals surface area (Å²) >= 11 is 3.16. The van der Waals surface area contributed by atoms with Crippen molar-refractivity contribution in [1.29, 1.82) is 0 Å². The average molecular weight is 436 g/mol. The van der Waals surface area contributed by atoms with E-state index >= 15 is 0 Å². The van der Waals surface area contributed by atoms with Gasteiger partial charge in [-0.15, -0.1) is 23.5 Å². The van der Waals surface area contributed by atoms with Crippen molar-refractivity contribution in [3.05, 3.63) is 83.6 Å². The number of urea groups is 1. The summed E-state index contributed by atoms with van der Waals surface area (Å²) in [6.07, 6.45) is 4.87. The zero-order chi connectivity index (χ0) is 21.1. The summed E-state index contributed by atoms with van der Waals surface area (Å²) in [7, 11) is 0. The van der Waals surface area contributed by atoms with E-state index in [4.69, 9.17) is 0 Å². The molecule has 1 saturated carbocycles. The van der Waals surface area contributed by atoms with Crippen LogP contribution in [-0.4, -0.2) is 29.6 Å². The first-order valence-corrected chi connectivity index (χ1v) is 12.3. The molecule has 30 heavy (non-hydrogen) atoms. The highest BCUT2D eigenvalue weighted by molar-refractivity contribution is 7.99. The van der Waals surface area contributed by atoms with Crippen molar-refractivity contribution in [2.45, 2.75) is 34.7 Å². The number of benzene rings is 2. The summed E-state index contributed by atoms with van der Waals surface area (Å²) in [5, 5.41) is 7.11. The zero-order valence-corrected chi connectivity index (χ0v) is 18.9. The standard InChI is InChI=1S/C24H25N3OS2/c1-16-14-19(29-2)21(22(25-16)30-3)27-23(28)26-20-15-24(20,17-10-6-4-7-11-17)18-12-8-5-9-13-18/h4-14,20H,15H2,1-3H3,(H2,26,27,28). The minimum atomic E-state index is -0.190. The van der Waals surface area contributed by atoms with Crippen LogP contribution in [0.25, 0.3) is 0 Å². The Morgan fingerprint density at radius 2 is 1.60 bits per heavy atom. The number of carbonyl (C=O) groups is 1. The van der Waals surface area contributed by atoms with Crippen LogP contribution in [0.3, 0.4) is 0 Å². The third kappa shape index (κ3) is 3.94. The van der Waals surface area contributed by atoms with Crippen LogP contribution in [0.5, 0.6) is 0 Å². The number of thioether (sulfide) groups is 2. The lowest BCUT2D eigenvalue weighted by atomic mass is 9.87. The van der Waals surface area contributed by atoms with E-state index in [0.29, 0.717) is 0 Å². The van der Waals surface area contributed by atoms with E-state index in [-0.39, 0.29) is 17.5 Å². The Hall–Kier alpha value is -2.44. The average Bonchev–Trinajstić information content (AvgIpc) is 3.50. The van der Waals surface area contributed by atoms with Gasteiger partial charge in [-0.1, -0.05) is 60.7 Å². The highest BCUT2D eigenvalue weighted by Crippen LogP contribution is 2.53. The van der Waals surface area contributed by atoms with Gasteiger partial charge in [0.15, 0.2) is 0 Å². The van der Waals surface area contributed by atoms with Crippen molar-refractivity contribution in [2.75, 3.05) is 17.8 Å². The number of aryl methyl sites for hydroxylation is 1. The number of nitrogens with zero attached hydrogens (tertiary/aromatic N) is 1. The van der Waals surface area contributed by atoms with Crippen molar-refractivity contribution in [1.82, 2.24) is 10.3 Å². The Bertz CT molecular complexity index is 976. The van der Waals surface area contributed by atoms with Crippen LogP contribution >= 0.6 is 23.5 Å². The van der Waals surface area contributed by atoms with Crippen LogP contribution in [0, 0.1) is 6.92 Å². The van der Waals surface area contributed by atoms with Crippen molar-refractivity contribution < 1.29 is 4.79 Å². The molecule has 1 heterocycles. The van der Waals surface area contributed by atoms with Gasteiger partial charge in [-0.25, -0.2) is 9.78 Å². The van der Waals surface area contributed by atoms with Gasteiger partial charge in [-0.05, 0) is 43.0 Å². The number of carbonyl (C=O) groups excluding carboxylic acids is 1. The Balaban J connectivity index is 1.58. The zero-order valence-electron chi connectivity index (χ0n) is 17.3. The maximum absolute atomic E-state index is 13.0. The first-order chi connectivity index (χ1) is 14.6. The molecule has 0 spiro atoms. The van der Waals surface area contributed by atoms with E-state index in [2.05, 4.69) is 64.1 Å². The molecule has 2 N–H and O–H groups in total. The van der Waals surface area contributed by atoms with Crippen LogP contribution in [0.4, 0.5) is 10.5 Å². The summed E-state index contributed by atoms with van der Waals surface area (Å²) < 4.78 is 0. The maximum Gasteiger partial charge on any atom is 0.319 e. The molecule has 0 aliphatic heterocycles. The largest absolute Gasteiger partial charge is 0.334 e. The topological polar surface area (TPSA) is 54.0 Å². The minimum absolute atomic E-state index is 0.0381. The fourth-order valence-corrected chi connectivity index (χ4v) is 5.37. The molecule has 0 bridgehead atoms. The van der Waals surface area contributed by atoms with E-state index in [1.165, 1.54) is 11.1 Å². The molecule has 2 aromatic carbocycles. The number of hydrogen-bond donors (Lipinski definition) is 2. The molecule has 1 atom stereocenters. The van der Waals surface area contributed by atoms with E-state index in [0.717, 1.165) is 27.7 Å². The van der Waals surface area contributed by atoms with Crippen LogP contribution in [0.15, 0.2) is 76.7 Å². The van der Waals surface area contributed by atoms with E-state index in [1.54, 1.807) is 23.5 Å². The van der Waals surface area contributed by atoms with Crippen molar-refractivity contribution >= 4 is 35.2 Å². The second kappa shape index (κ2) is 8.74. The van der Waals surface area contributed by atoms with Crippen LogP contribution in [0.1, 0.15) is 23.2 Å². The highest BCUT2D eigenvalue weighted by atomic mass is 32.2. The Morgan fingerprint density at radius 1 is 1.00 bits per heavy atom. The van der Waals surface area contributed by atoms with Crippen molar-refractivity contribution in [3.8, 4) is 0 Å². The summed E-state index contributed by atoms with van der Waals surface area (Å²) in [6.45, 7) is 1.97. The molecular formula is C24H25N3OS2. The second-order valence-corrected chi connectivity index (χ2v) is 9.05. The summed E-state index contributed by atoms with van der Waals surface area (Å²) in [4.78, 5) is 18.6. The molecule has 4 nitrogen and oxygen atoms in total.